The minimum atomic E-state index is -0.480. The molecule has 4 heteroatoms. The van der Waals surface area contributed by atoms with Crippen LogP contribution in [0.4, 0.5) is 0 Å². The third-order valence-electron chi connectivity index (χ3n) is 1.25. The van der Waals surface area contributed by atoms with Gasteiger partial charge in [0.15, 0.2) is 5.75 Å². The first-order valence-electron chi connectivity index (χ1n) is 3.06. The topological polar surface area (TPSA) is 35.5 Å². The van der Waals surface area contributed by atoms with Crippen molar-refractivity contribution >= 4 is 8.69 Å². The normalized spacial score (nSPS) is 9.91. The summed E-state index contributed by atoms with van der Waals surface area (Å²) in [4.78, 5) is 4.66. The fourth-order valence-corrected chi connectivity index (χ4v) is 0.816. The number of rotatable bonds is 3. The molecule has 1 aromatic carbocycles. The Morgan fingerprint density at radius 2 is 2.09 bits per heavy atom. The van der Waals surface area contributed by atoms with Gasteiger partial charge < -0.3 is 4.89 Å². The van der Waals surface area contributed by atoms with Crippen molar-refractivity contribution in [2.24, 2.45) is 0 Å². The third kappa shape index (κ3) is 2.30. The van der Waals surface area contributed by atoms with Gasteiger partial charge in [0, 0.05) is 0 Å². The summed E-state index contributed by atoms with van der Waals surface area (Å²) in [7, 11) is -0.480. The molecule has 0 atom stereocenters. The van der Waals surface area contributed by atoms with E-state index in [0.29, 0.717) is 5.75 Å². The molecule has 0 aromatic heterocycles. The van der Waals surface area contributed by atoms with Gasteiger partial charge in [-0.15, -0.1) is 0 Å². The van der Waals surface area contributed by atoms with E-state index in [2.05, 4.69) is 9.56 Å². The molecule has 0 heterocycles. The molecule has 0 bridgehead atoms. The quantitative estimate of drug-likeness (QED) is 0.397. The summed E-state index contributed by atoms with van der Waals surface area (Å²) in [5, 5.41) is 0. The van der Waals surface area contributed by atoms with Crippen LogP contribution >= 0.6 is 8.69 Å². The molecule has 58 valence electrons. The summed E-state index contributed by atoms with van der Waals surface area (Å²) in [6, 6.07) is 7.31. The Balaban J connectivity index is 2.69. The van der Waals surface area contributed by atoms with Gasteiger partial charge in [0.25, 0.3) is 0 Å². The maximum Gasteiger partial charge on any atom is 0.372 e. The fraction of sp³-hybridized carbons (Fsp3) is 0.143. The minimum Gasteiger partial charge on any atom is -0.325 e. The maximum atomic E-state index is 9.84. The average Bonchev–Trinajstić information content (AvgIpc) is 2.03. The number of aryl methyl sites for hydroxylation is 1. The zero-order valence-corrected chi connectivity index (χ0v) is 6.88. The van der Waals surface area contributed by atoms with E-state index in [1.165, 1.54) is 0 Å². The van der Waals surface area contributed by atoms with E-state index < -0.39 is 8.69 Å². The standard InChI is InChI=1S/C7H7O3P/c1-6-4-2-3-5-7(6)9-10-11-8/h2-5H,1H3. The molecule has 0 fully saturated rings. The molecule has 0 radical (unpaired) electrons. The van der Waals surface area contributed by atoms with Crippen molar-refractivity contribution in [3.05, 3.63) is 29.8 Å². The number of hydrogen-bond acceptors (Lipinski definition) is 3. The van der Waals surface area contributed by atoms with Crippen LogP contribution in [-0.2, 0) is 9.24 Å². The molecule has 3 nitrogen and oxygen atoms in total. The predicted octanol–water partition coefficient (Wildman–Crippen LogP) is 2.51. The molecule has 0 unspecified atom stereocenters. The van der Waals surface area contributed by atoms with Crippen molar-refractivity contribution < 1.29 is 14.1 Å². The van der Waals surface area contributed by atoms with Gasteiger partial charge >= 0.3 is 8.69 Å². The first-order valence-corrected chi connectivity index (χ1v) is 3.79. The van der Waals surface area contributed by atoms with Gasteiger partial charge in [-0.1, -0.05) is 22.9 Å². The lowest BCUT2D eigenvalue weighted by atomic mass is 10.2. The van der Waals surface area contributed by atoms with Crippen LogP contribution < -0.4 is 4.89 Å². The van der Waals surface area contributed by atoms with Crippen molar-refractivity contribution in [1.82, 2.24) is 0 Å². The molecule has 0 aliphatic rings. The van der Waals surface area contributed by atoms with Crippen molar-refractivity contribution in [3.8, 4) is 5.75 Å². The smallest absolute Gasteiger partial charge is 0.325 e. The van der Waals surface area contributed by atoms with Crippen LogP contribution in [0.25, 0.3) is 0 Å². The first kappa shape index (κ1) is 8.18. The molecule has 1 aromatic rings. The lowest BCUT2D eigenvalue weighted by Gasteiger charge is -2.00. The van der Waals surface area contributed by atoms with E-state index in [1.54, 1.807) is 6.07 Å². The van der Waals surface area contributed by atoms with Crippen LogP contribution in [-0.4, -0.2) is 0 Å². The van der Waals surface area contributed by atoms with Crippen LogP contribution in [0.3, 0.4) is 0 Å². The molecule has 1 rings (SSSR count). The second-order valence-corrected chi connectivity index (χ2v) is 2.30. The fourth-order valence-electron chi connectivity index (χ4n) is 0.705. The Kier molecular flexibility index (Phi) is 3.02. The van der Waals surface area contributed by atoms with Crippen LogP contribution in [0.1, 0.15) is 5.56 Å². The summed E-state index contributed by atoms with van der Waals surface area (Å²) < 4.78 is 14.1. The highest BCUT2D eigenvalue weighted by Crippen LogP contribution is 2.17. The average molecular weight is 170 g/mol. The zero-order chi connectivity index (χ0) is 8.10. The van der Waals surface area contributed by atoms with Crippen LogP contribution in [0.5, 0.6) is 5.75 Å². The number of benzene rings is 1. The molecule has 0 N–H and O–H groups in total. The predicted molar refractivity (Wildman–Crippen MR) is 40.5 cm³/mol. The van der Waals surface area contributed by atoms with Crippen LogP contribution in [0, 0.1) is 6.92 Å². The molecule has 11 heavy (non-hydrogen) atoms. The molecular formula is C7H7O3P. The van der Waals surface area contributed by atoms with E-state index in [4.69, 9.17) is 0 Å². The molecule has 0 saturated heterocycles. The lowest BCUT2D eigenvalue weighted by Crippen LogP contribution is -1.88. The molecule has 0 aliphatic heterocycles. The largest absolute Gasteiger partial charge is 0.372 e. The van der Waals surface area contributed by atoms with E-state index in [0.717, 1.165) is 5.56 Å². The van der Waals surface area contributed by atoms with Crippen molar-refractivity contribution in [1.29, 1.82) is 0 Å². The Morgan fingerprint density at radius 3 is 2.73 bits per heavy atom. The van der Waals surface area contributed by atoms with Gasteiger partial charge in [0.05, 0.1) is 0 Å². The van der Waals surface area contributed by atoms with Gasteiger partial charge in [-0.2, -0.15) is 0 Å². The Labute approximate surface area is 66.2 Å². The van der Waals surface area contributed by atoms with Gasteiger partial charge in [-0.25, -0.2) is 4.57 Å². The summed E-state index contributed by atoms with van der Waals surface area (Å²) >= 11 is 0. The van der Waals surface area contributed by atoms with E-state index in [9.17, 15) is 4.57 Å². The number of para-hydroxylation sites is 1. The lowest BCUT2D eigenvalue weighted by molar-refractivity contribution is -0.0872. The first-order chi connectivity index (χ1) is 5.34. The zero-order valence-electron chi connectivity index (χ0n) is 5.98. The number of hydrogen-bond donors (Lipinski definition) is 0. The van der Waals surface area contributed by atoms with Crippen LogP contribution in [0.2, 0.25) is 0 Å². The Hall–Kier alpha value is -0.920. The summed E-state index contributed by atoms with van der Waals surface area (Å²) in [5.74, 6) is 0.579. The van der Waals surface area contributed by atoms with Crippen molar-refractivity contribution in [2.45, 2.75) is 6.92 Å². The molecule has 0 spiro atoms. The highest BCUT2D eigenvalue weighted by atomic mass is 31.1. The summed E-state index contributed by atoms with van der Waals surface area (Å²) in [6.07, 6.45) is 0. The molecular weight excluding hydrogens is 163 g/mol. The van der Waals surface area contributed by atoms with Crippen molar-refractivity contribution in [3.63, 3.8) is 0 Å². The monoisotopic (exact) mass is 170 g/mol. The Morgan fingerprint density at radius 1 is 1.36 bits per heavy atom. The van der Waals surface area contributed by atoms with Gasteiger partial charge in [-0.3, -0.25) is 0 Å². The second kappa shape index (κ2) is 4.06. The van der Waals surface area contributed by atoms with Crippen molar-refractivity contribution in [2.75, 3.05) is 0 Å². The SMILES string of the molecule is Cc1ccccc1OOP=O. The molecule has 0 saturated carbocycles. The van der Waals surface area contributed by atoms with Gasteiger partial charge in [-0.05, 0) is 18.6 Å². The minimum absolute atomic E-state index is 0.480. The van der Waals surface area contributed by atoms with E-state index in [-0.39, 0.29) is 0 Å². The highest BCUT2D eigenvalue weighted by molar-refractivity contribution is 7.17. The maximum absolute atomic E-state index is 9.84. The van der Waals surface area contributed by atoms with Gasteiger partial charge in [0.2, 0.25) is 0 Å². The van der Waals surface area contributed by atoms with Gasteiger partial charge in [0.1, 0.15) is 0 Å². The van der Waals surface area contributed by atoms with E-state index >= 15 is 0 Å². The molecule has 0 aliphatic carbocycles. The van der Waals surface area contributed by atoms with E-state index in [1.807, 2.05) is 25.1 Å². The Bertz CT molecular complexity index is 249. The second-order valence-electron chi connectivity index (χ2n) is 2.00. The summed E-state index contributed by atoms with van der Waals surface area (Å²) in [5.41, 5.74) is 0.941. The summed E-state index contributed by atoms with van der Waals surface area (Å²) in [6.45, 7) is 1.88. The molecule has 0 amide bonds. The highest BCUT2D eigenvalue weighted by Gasteiger charge is 1.96. The third-order valence-corrected chi connectivity index (χ3v) is 1.39. The van der Waals surface area contributed by atoms with Crippen LogP contribution in [0.15, 0.2) is 24.3 Å².